The van der Waals surface area contributed by atoms with Crippen LogP contribution >= 0.6 is 11.8 Å². The van der Waals surface area contributed by atoms with Gasteiger partial charge in [-0.3, -0.25) is 9.71 Å². The van der Waals surface area contributed by atoms with E-state index in [-0.39, 0.29) is 17.5 Å². The molecule has 5 nitrogen and oxygen atoms in total. The number of thioether (sulfide) groups is 1. The number of aliphatic imine (C=N–C) groups is 1. The Bertz CT molecular complexity index is 940. The fourth-order valence-electron chi connectivity index (χ4n) is 3.71. The first-order chi connectivity index (χ1) is 13.2. The lowest BCUT2D eigenvalue weighted by atomic mass is 9.72. The second-order valence-electron chi connectivity index (χ2n) is 7.14. The van der Waals surface area contributed by atoms with Crippen LogP contribution in [0.3, 0.4) is 0 Å². The molecule has 3 rings (SSSR count). The Hall–Kier alpha value is -1.87. The van der Waals surface area contributed by atoms with Gasteiger partial charge in [0.05, 0.1) is 5.54 Å². The minimum absolute atomic E-state index is 0.0925. The predicted molar refractivity (Wildman–Crippen MR) is 108 cm³/mol. The minimum atomic E-state index is -4.41. The smallest absolute Gasteiger partial charge is 0.267 e. The molecule has 1 heterocycles. The van der Waals surface area contributed by atoms with Crippen LogP contribution in [0.4, 0.5) is 8.78 Å². The van der Waals surface area contributed by atoms with Gasteiger partial charge < -0.3 is 5.73 Å². The van der Waals surface area contributed by atoms with Gasteiger partial charge in [0.1, 0.15) is 11.6 Å². The Balaban J connectivity index is 1.95. The number of nitrogens with two attached hydrogens (primary N) is 1. The molecule has 1 aliphatic heterocycles. The van der Waals surface area contributed by atoms with Crippen LogP contribution in [-0.2, 0) is 10.0 Å². The average Bonchev–Trinajstić information content (AvgIpc) is 2.60. The first-order valence-electron chi connectivity index (χ1n) is 9.01. The monoisotopic (exact) mass is 427 g/mol. The van der Waals surface area contributed by atoms with E-state index in [4.69, 9.17) is 5.73 Å². The van der Waals surface area contributed by atoms with Gasteiger partial charge in [-0.2, -0.15) is 0 Å². The van der Waals surface area contributed by atoms with Gasteiger partial charge in [-0.1, -0.05) is 36.9 Å². The van der Waals surface area contributed by atoms with Crippen molar-refractivity contribution in [3.05, 3.63) is 53.8 Å². The first-order valence-corrected chi connectivity index (χ1v) is 11.5. The molecule has 0 fully saturated rings. The molecule has 0 radical (unpaired) electrons. The molecule has 0 aromatic heterocycles. The van der Waals surface area contributed by atoms with E-state index in [1.165, 1.54) is 11.8 Å². The van der Waals surface area contributed by atoms with Gasteiger partial charge in [-0.15, -0.1) is 0 Å². The average molecular weight is 428 g/mol. The molecule has 0 bridgehead atoms. The van der Waals surface area contributed by atoms with E-state index >= 15 is 0 Å². The highest BCUT2D eigenvalue weighted by Gasteiger charge is 2.40. The van der Waals surface area contributed by atoms with E-state index in [1.54, 1.807) is 12.2 Å². The lowest BCUT2D eigenvalue weighted by molar-refractivity contribution is 0.271. The number of allylic oxidation sites excluding steroid dienone is 2. The zero-order valence-corrected chi connectivity index (χ0v) is 17.3. The molecule has 1 aromatic rings. The van der Waals surface area contributed by atoms with Crippen molar-refractivity contribution in [1.82, 2.24) is 4.72 Å². The van der Waals surface area contributed by atoms with Crippen LogP contribution in [0.1, 0.15) is 26.7 Å². The Morgan fingerprint density at radius 3 is 2.64 bits per heavy atom. The molecule has 3 unspecified atom stereocenters. The highest BCUT2D eigenvalue weighted by molar-refractivity contribution is 8.13. The molecule has 28 heavy (non-hydrogen) atoms. The fourth-order valence-corrected chi connectivity index (χ4v) is 5.90. The molecule has 0 amide bonds. The minimum Gasteiger partial charge on any atom is -0.379 e. The van der Waals surface area contributed by atoms with Crippen molar-refractivity contribution >= 4 is 27.0 Å². The van der Waals surface area contributed by atoms with Crippen LogP contribution in [-0.4, -0.2) is 24.9 Å². The number of sulfonamides is 1. The molecule has 1 aromatic carbocycles. The van der Waals surface area contributed by atoms with E-state index in [2.05, 4.69) is 9.71 Å². The third-order valence-electron chi connectivity index (χ3n) is 5.20. The van der Waals surface area contributed by atoms with E-state index in [0.29, 0.717) is 5.17 Å². The number of nitrogens with zero attached hydrogens (tertiary/aromatic N) is 1. The summed E-state index contributed by atoms with van der Waals surface area (Å²) < 4.78 is 55.4. The summed E-state index contributed by atoms with van der Waals surface area (Å²) in [6, 6.07) is 2.95. The van der Waals surface area contributed by atoms with E-state index in [9.17, 15) is 17.2 Å². The summed E-state index contributed by atoms with van der Waals surface area (Å²) in [7, 11) is -4.41. The summed E-state index contributed by atoms with van der Waals surface area (Å²) >= 11 is 1.50. The number of benzene rings is 1. The SMILES string of the molecule is CCC1C=CC(NS(=O)(=O)c2c(F)cccc2F)=CC1C1(C)CCSC(N)=N1. The van der Waals surface area contributed by atoms with E-state index in [1.807, 2.05) is 19.9 Å². The van der Waals surface area contributed by atoms with Gasteiger partial charge in [0.25, 0.3) is 10.0 Å². The number of hydrogen-bond acceptors (Lipinski definition) is 5. The predicted octanol–water partition coefficient (Wildman–Crippen LogP) is 3.55. The summed E-state index contributed by atoms with van der Waals surface area (Å²) in [6.07, 6.45) is 6.98. The molecule has 0 saturated heterocycles. The molecule has 2 aliphatic rings. The van der Waals surface area contributed by atoms with Crippen molar-refractivity contribution in [2.24, 2.45) is 22.6 Å². The van der Waals surface area contributed by atoms with Crippen molar-refractivity contribution < 1.29 is 17.2 Å². The zero-order valence-electron chi connectivity index (χ0n) is 15.7. The zero-order chi connectivity index (χ0) is 20.5. The van der Waals surface area contributed by atoms with Crippen LogP contribution in [0.2, 0.25) is 0 Å². The van der Waals surface area contributed by atoms with E-state index in [0.717, 1.165) is 36.8 Å². The Morgan fingerprint density at radius 1 is 1.36 bits per heavy atom. The number of hydrogen-bond donors (Lipinski definition) is 2. The van der Waals surface area contributed by atoms with Crippen LogP contribution in [0.15, 0.2) is 52.0 Å². The third-order valence-corrected chi connectivity index (χ3v) is 7.42. The van der Waals surface area contributed by atoms with Gasteiger partial charge in [0.15, 0.2) is 10.1 Å². The molecule has 9 heteroatoms. The van der Waals surface area contributed by atoms with Crippen molar-refractivity contribution in [2.75, 3.05) is 5.75 Å². The Kier molecular flexibility index (Phi) is 5.86. The lowest BCUT2D eigenvalue weighted by Crippen LogP contribution is -2.42. The summed E-state index contributed by atoms with van der Waals surface area (Å²) in [5, 5.41) is 0.516. The molecule has 0 spiro atoms. The van der Waals surface area contributed by atoms with Crippen molar-refractivity contribution in [1.29, 1.82) is 0 Å². The van der Waals surface area contributed by atoms with Crippen LogP contribution < -0.4 is 10.5 Å². The van der Waals surface area contributed by atoms with Gasteiger partial charge in [0, 0.05) is 17.4 Å². The third kappa shape index (κ3) is 4.10. The first kappa shape index (κ1) is 20.9. The molecule has 0 saturated carbocycles. The van der Waals surface area contributed by atoms with Crippen LogP contribution in [0, 0.1) is 23.5 Å². The fraction of sp³-hybridized carbons (Fsp3) is 0.421. The summed E-state index contributed by atoms with van der Waals surface area (Å²) in [6.45, 7) is 4.05. The lowest BCUT2D eigenvalue weighted by Gasteiger charge is -2.40. The topological polar surface area (TPSA) is 84.5 Å². The Labute approximate surface area is 168 Å². The van der Waals surface area contributed by atoms with Gasteiger partial charge in [-0.05, 0) is 43.9 Å². The Morgan fingerprint density at radius 2 is 2.04 bits per heavy atom. The second-order valence-corrected chi connectivity index (χ2v) is 9.88. The summed E-state index contributed by atoms with van der Waals surface area (Å²) in [5.74, 6) is -1.38. The van der Waals surface area contributed by atoms with Crippen LogP contribution in [0.5, 0.6) is 0 Å². The standard InChI is InChI=1S/C19H23F2N3O2S2/c1-3-12-7-8-13(11-14(12)19(2)9-10-27-18(22)23-19)24-28(25,26)17-15(20)5-4-6-16(17)21/h4-8,11-12,14,24H,3,9-10H2,1-2H3,(H2,22,23). The molecule has 1 aliphatic carbocycles. The second kappa shape index (κ2) is 7.87. The van der Waals surface area contributed by atoms with Crippen molar-refractivity contribution in [2.45, 2.75) is 37.1 Å². The summed E-state index contributed by atoms with van der Waals surface area (Å²) in [4.78, 5) is 3.65. The molecule has 152 valence electrons. The normalized spacial score (nSPS) is 27.9. The molecule has 3 atom stereocenters. The van der Waals surface area contributed by atoms with Crippen LogP contribution in [0.25, 0.3) is 0 Å². The van der Waals surface area contributed by atoms with E-state index < -0.39 is 32.1 Å². The number of nitrogens with one attached hydrogen (secondary N) is 1. The number of rotatable bonds is 5. The highest BCUT2D eigenvalue weighted by Crippen LogP contribution is 2.41. The molecular formula is C19H23F2N3O2S2. The largest absolute Gasteiger partial charge is 0.379 e. The molecular weight excluding hydrogens is 404 g/mol. The number of amidine groups is 1. The highest BCUT2D eigenvalue weighted by atomic mass is 32.2. The maximum absolute atomic E-state index is 14.0. The maximum Gasteiger partial charge on any atom is 0.267 e. The quantitative estimate of drug-likeness (QED) is 0.753. The van der Waals surface area contributed by atoms with Crippen molar-refractivity contribution in [3.8, 4) is 0 Å². The number of halogens is 2. The van der Waals surface area contributed by atoms with Gasteiger partial charge in [-0.25, -0.2) is 17.2 Å². The van der Waals surface area contributed by atoms with Gasteiger partial charge in [0.2, 0.25) is 0 Å². The summed E-state index contributed by atoms with van der Waals surface area (Å²) in [5.41, 5.74) is 5.73. The van der Waals surface area contributed by atoms with Crippen molar-refractivity contribution in [3.63, 3.8) is 0 Å². The molecule has 3 N–H and O–H groups in total. The maximum atomic E-state index is 14.0. The van der Waals surface area contributed by atoms with Gasteiger partial charge >= 0.3 is 0 Å².